The smallest absolute Gasteiger partial charge is 0.0786 e. The minimum atomic E-state index is -0.0536. The van der Waals surface area contributed by atoms with Crippen molar-refractivity contribution in [2.45, 2.75) is 46.3 Å². The lowest BCUT2D eigenvalue weighted by molar-refractivity contribution is 0.0437. The van der Waals surface area contributed by atoms with Crippen LogP contribution in [0.2, 0.25) is 0 Å². The van der Waals surface area contributed by atoms with Crippen LogP contribution in [0.25, 0.3) is 0 Å². The maximum atomic E-state index is 6.33. The second-order valence-electron chi connectivity index (χ2n) is 5.81. The fourth-order valence-corrected chi connectivity index (χ4v) is 2.42. The van der Waals surface area contributed by atoms with Crippen LogP contribution in [0.5, 0.6) is 0 Å². The number of hydrogen-bond acceptors (Lipinski definition) is 2. The Labute approximate surface area is 112 Å². The third-order valence-corrected chi connectivity index (χ3v) is 3.26. The molecule has 0 amide bonds. The third-order valence-electron chi connectivity index (χ3n) is 3.26. The molecule has 0 aromatic heterocycles. The van der Waals surface area contributed by atoms with Crippen LogP contribution < -0.4 is 5.73 Å². The molecular formula is C16H27NO. The highest BCUT2D eigenvalue weighted by Crippen LogP contribution is 2.23. The summed E-state index contributed by atoms with van der Waals surface area (Å²) in [7, 11) is 1.74. The highest BCUT2D eigenvalue weighted by Gasteiger charge is 2.22. The van der Waals surface area contributed by atoms with Gasteiger partial charge in [0, 0.05) is 7.11 Å². The number of ether oxygens (including phenoxy) is 1. The highest BCUT2D eigenvalue weighted by atomic mass is 16.5. The normalized spacial score (nSPS) is 15.1. The van der Waals surface area contributed by atoms with Crippen LogP contribution in [-0.4, -0.2) is 13.2 Å². The van der Waals surface area contributed by atoms with Gasteiger partial charge in [0.1, 0.15) is 0 Å². The Kier molecular flexibility index (Phi) is 5.83. The Balaban J connectivity index is 2.88. The minimum absolute atomic E-state index is 0.0536. The van der Waals surface area contributed by atoms with Crippen molar-refractivity contribution in [3.63, 3.8) is 0 Å². The number of methoxy groups -OCH3 is 1. The Morgan fingerprint density at radius 3 is 2.33 bits per heavy atom. The average Bonchev–Trinajstić information content (AvgIpc) is 2.28. The van der Waals surface area contributed by atoms with Gasteiger partial charge in [-0.2, -0.15) is 0 Å². The SMILES string of the molecule is COC(C(C)C)C(N)c1cccc(CC(C)C)c1. The summed E-state index contributed by atoms with van der Waals surface area (Å²) >= 11 is 0. The zero-order valence-electron chi connectivity index (χ0n) is 12.3. The van der Waals surface area contributed by atoms with Crippen molar-refractivity contribution in [1.82, 2.24) is 0 Å². The quantitative estimate of drug-likeness (QED) is 0.836. The van der Waals surface area contributed by atoms with Gasteiger partial charge >= 0.3 is 0 Å². The molecule has 0 bridgehead atoms. The number of hydrogen-bond donors (Lipinski definition) is 1. The molecule has 1 rings (SSSR count). The molecule has 0 fully saturated rings. The molecule has 0 aliphatic carbocycles. The molecule has 2 unspecified atom stereocenters. The van der Waals surface area contributed by atoms with E-state index in [-0.39, 0.29) is 12.1 Å². The fraction of sp³-hybridized carbons (Fsp3) is 0.625. The molecule has 0 saturated carbocycles. The van der Waals surface area contributed by atoms with E-state index in [2.05, 4.69) is 52.0 Å². The number of benzene rings is 1. The van der Waals surface area contributed by atoms with E-state index in [9.17, 15) is 0 Å². The van der Waals surface area contributed by atoms with Crippen molar-refractivity contribution in [1.29, 1.82) is 0 Å². The summed E-state index contributed by atoms with van der Waals surface area (Å²) in [6, 6.07) is 8.54. The summed E-state index contributed by atoms with van der Waals surface area (Å²) in [5.74, 6) is 1.08. The average molecular weight is 249 g/mol. The molecule has 2 N–H and O–H groups in total. The van der Waals surface area contributed by atoms with Gasteiger partial charge in [-0.15, -0.1) is 0 Å². The topological polar surface area (TPSA) is 35.2 Å². The first-order chi connectivity index (χ1) is 8.45. The predicted molar refractivity (Wildman–Crippen MR) is 77.5 cm³/mol. The Morgan fingerprint density at radius 2 is 1.83 bits per heavy atom. The first kappa shape index (κ1) is 15.2. The van der Waals surface area contributed by atoms with Crippen LogP contribution >= 0.6 is 0 Å². The predicted octanol–water partition coefficient (Wildman–Crippen LogP) is 3.56. The monoisotopic (exact) mass is 249 g/mol. The van der Waals surface area contributed by atoms with Gasteiger partial charge in [0.2, 0.25) is 0 Å². The molecule has 2 nitrogen and oxygen atoms in total. The van der Waals surface area contributed by atoms with Crippen molar-refractivity contribution in [2.24, 2.45) is 17.6 Å². The Bertz CT molecular complexity index is 360. The third kappa shape index (κ3) is 4.11. The first-order valence-electron chi connectivity index (χ1n) is 6.83. The number of rotatable bonds is 6. The molecular weight excluding hydrogens is 222 g/mol. The lowest BCUT2D eigenvalue weighted by Gasteiger charge is -2.26. The highest BCUT2D eigenvalue weighted by molar-refractivity contribution is 5.27. The van der Waals surface area contributed by atoms with E-state index in [1.165, 1.54) is 11.1 Å². The molecule has 102 valence electrons. The Hall–Kier alpha value is -0.860. The molecule has 1 aromatic carbocycles. The maximum Gasteiger partial charge on any atom is 0.0786 e. The minimum Gasteiger partial charge on any atom is -0.379 e. The van der Waals surface area contributed by atoms with Gasteiger partial charge in [0.15, 0.2) is 0 Å². The summed E-state index contributed by atoms with van der Waals surface area (Å²) in [5.41, 5.74) is 8.86. The lowest BCUT2D eigenvalue weighted by Crippen LogP contribution is -2.32. The number of nitrogens with two attached hydrogens (primary N) is 1. The Morgan fingerprint density at radius 1 is 1.17 bits per heavy atom. The van der Waals surface area contributed by atoms with Crippen molar-refractivity contribution in [2.75, 3.05) is 7.11 Å². The van der Waals surface area contributed by atoms with Gasteiger partial charge in [0.25, 0.3) is 0 Å². The van der Waals surface area contributed by atoms with E-state index in [1.54, 1.807) is 7.11 Å². The van der Waals surface area contributed by atoms with E-state index < -0.39 is 0 Å². The van der Waals surface area contributed by atoms with Crippen molar-refractivity contribution in [3.8, 4) is 0 Å². The zero-order chi connectivity index (χ0) is 13.7. The molecule has 0 saturated heterocycles. The van der Waals surface area contributed by atoms with E-state index >= 15 is 0 Å². The summed E-state index contributed by atoms with van der Waals surface area (Å²) in [6.07, 6.45) is 1.17. The molecule has 1 aromatic rings. The van der Waals surface area contributed by atoms with Gasteiger partial charge in [0.05, 0.1) is 12.1 Å². The molecule has 0 heterocycles. The fourth-order valence-electron chi connectivity index (χ4n) is 2.42. The summed E-state index contributed by atoms with van der Waals surface area (Å²) in [5, 5.41) is 0. The van der Waals surface area contributed by atoms with Gasteiger partial charge in [-0.25, -0.2) is 0 Å². The van der Waals surface area contributed by atoms with Crippen molar-refractivity contribution < 1.29 is 4.74 Å². The zero-order valence-corrected chi connectivity index (χ0v) is 12.3. The van der Waals surface area contributed by atoms with E-state index in [1.807, 2.05) is 0 Å². The molecule has 2 heteroatoms. The molecule has 0 radical (unpaired) electrons. The molecule has 2 atom stereocenters. The van der Waals surface area contributed by atoms with Gasteiger partial charge in [-0.1, -0.05) is 52.0 Å². The molecule has 0 spiro atoms. The van der Waals surface area contributed by atoms with Gasteiger partial charge < -0.3 is 10.5 Å². The van der Waals surface area contributed by atoms with E-state index in [4.69, 9.17) is 10.5 Å². The van der Waals surface area contributed by atoms with Crippen LogP contribution in [-0.2, 0) is 11.2 Å². The second-order valence-corrected chi connectivity index (χ2v) is 5.81. The van der Waals surface area contributed by atoms with Crippen molar-refractivity contribution >= 4 is 0 Å². The van der Waals surface area contributed by atoms with Crippen LogP contribution in [0.15, 0.2) is 24.3 Å². The van der Waals surface area contributed by atoms with Gasteiger partial charge in [-0.05, 0) is 29.4 Å². The summed E-state index contributed by atoms with van der Waals surface area (Å²) in [4.78, 5) is 0. The van der Waals surface area contributed by atoms with E-state index in [0.29, 0.717) is 11.8 Å². The van der Waals surface area contributed by atoms with Crippen LogP contribution in [0, 0.1) is 11.8 Å². The van der Waals surface area contributed by atoms with E-state index in [0.717, 1.165) is 6.42 Å². The maximum absolute atomic E-state index is 6.33. The van der Waals surface area contributed by atoms with Crippen LogP contribution in [0.1, 0.15) is 44.9 Å². The van der Waals surface area contributed by atoms with Gasteiger partial charge in [-0.3, -0.25) is 0 Å². The lowest BCUT2D eigenvalue weighted by atomic mass is 9.92. The molecule has 18 heavy (non-hydrogen) atoms. The first-order valence-corrected chi connectivity index (χ1v) is 6.83. The second kappa shape index (κ2) is 6.91. The largest absolute Gasteiger partial charge is 0.379 e. The van der Waals surface area contributed by atoms with Crippen LogP contribution in [0.4, 0.5) is 0 Å². The summed E-state index contributed by atoms with van der Waals surface area (Å²) < 4.78 is 5.52. The standard InChI is InChI=1S/C16H27NO/c1-11(2)9-13-7-6-8-14(10-13)15(17)16(18-5)12(3)4/h6-8,10-12,15-16H,9,17H2,1-5H3. The molecule has 0 aliphatic heterocycles. The summed E-state index contributed by atoms with van der Waals surface area (Å²) in [6.45, 7) is 8.76. The van der Waals surface area contributed by atoms with Crippen molar-refractivity contribution in [3.05, 3.63) is 35.4 Å². The van der Waals surface area contributed by atoms with Crippen LogP contribution in [0.3, 0.4) is 0 Å². The molecule has 0 aliphatic rings.